The van der Waals surface area contributed by atoms with Crippen molar-refractivity contribution in [3.63, 3.8) is 0 Å². The zero-order valence-corrected chi connectivity index (χ0v) is 13.7. The highest BCUT2D eigenvalue weighted by atomic mass is 16.5. The normalized spacial score (nSPS) is 17.7. The average molecular weight is 331 g/mol. The van der Waals surface area contributed by atoms with Crippen LogP contribution < -0.4 is 10.1 Å². The quantitative estimate of drug-likeness (QED) is 0.628. The lowest BCUT2D eigenvalue weighted by Crippen LogP contribution is -2.62. The standard InChI is InChI=1S/C17H21N3O4/c1-2-3-8-24-14-6-4-12(5-7-14)16(22)19-10-13(11-19)20-15(21)9-18-17(20)23/h4-7,13H,2-3,8-11H2,1H3,(H,18,23). The zero-order valence-electron chi connectivity index (χ0n) is 13.7. The number of ether oxygens (including phenoxy) is 1. The van der Waals surface area contributed by atoms with E-state index < -0.39 is 0 Å². The molecule has 24 heavy (non-hydrogen) atoms. The number of nitrogens with one attached hydrogen (secondary N) is 1. The summed E-state index contributed by atoms with van der Waals surface area (Å²) in [6.45, 7) is 3.58. The Hall–Kier alpha value is -2.57. The summed E-state index contributed by atoms with van der Waals surface area (Å²) in [7, 11) is 0. The van der Waals surface area contributed by atoms with Crippen LogP contribution >= 0.6 is 0 Å². The van der Waals surface area contributed by atoms with E-state index in [0.29, 0.717) is 25.3 Å². The molecule has 7 heteroatoms. The molecule has 2 saturated heterocycles. The van der Waals surface area contributed by atoms with Gasteiger partial charge < -0.3 is 15.0 Å². The summed E-state index contributed by atoms with van der Waals surface area (Å²) < 4.78 is 5.58. The van der Waals surface area contributed by atoms with Crippen molar-refractivity contribution < 1.29 is 19.1 Å². The summed E-state index contributed by atoms with van der Waals surface area (Å²) in [6.07, 6.45) is 2.07. The van der Waals surface area contributed by atoms with Gasteiger partial charge in [-0.25, -0.2) is 4.79 Å². The number of urea groups is 1. The Morgan fingerprint density at radius 3 is 2.54 bits per heavy atom. The van der Waals surface area contributed by atoms with Crippen LogP contribution in [-0.4, -0.2) is 59.9 Å². The Morgan fingerprint density at radius 1 is 1.25 bits per heavy atom. The fourth-order valence-electron chi connectivity index (χ4n) is 2.80. The highest BCUT2D eigenvalue weighted by Gasteiger charge is 2.42. The molecule has 0 aromatic heterocycles. The number of amides is 4. The fraction of sp³-hybridized carbons (Fsp3) is 0.471. The van der Waals surface area contributed by atoms with Crippen LogP contribution in [0.5, 0.6) is 5.75 Å². The molecule has 0 aliphatic carbocycles. The number of carbonyl (C=O) groups excluding carboxylic acids is 3. The van der Waals surface area contributed by atoms with E-state index >= 15 is 0 Å². The molecule has 4 amide bonds. The van der Waals surface area contributed by atoms with E-state index in [2.05, 4.69) is 12.2 Å². The number of hydrogen-bond acceptors (Lipinski definition) is 4. The van der Waals surface area contributed by atoms with E-state index in [-0.39, 0.29) is 30.4 Å². The van der Waals surface area contributed by atoms with Gasteiger partial charge in [0.25, 0.3) is 5.91 Å². The molecular formula is C17H21N3O4. The minimum Gasteiger partial charge on any atom is -0.494 e. The number of carbonyl (C=O) groups is 3. The minimum absolute atomic E-state index is 0.0444. The SMILES string of the molecule is CCCCOc1ccc(C(=O)N2CC(N3C(=O)CNC3=O)C2)cc1. The topological polar surface area (TPSA) is 79.0 Å². The van der Waals surface area contributed by atoms with Gasteiger partial charge in [0.05, 0.1) is 19.2 Å². The fourth-order valence-corrected chi connectivity index (χ4v) is 2.80. The monoisotopic (exact) mass is 331 g/mol. The van der Waals surface area contributed by atoms with Gasteiger partial charge in [-0.05, 0) is 30.7 Å². The first kappa shape index (κ1) is 16.3. The van der Waals surface area contributed by atoms with Crippen molar-refractivity contribution in [2.24, 2.45) is 0 Å². The predicted octanol–water partition coefficient (Wildman–Crippen LogP) is 1.24. The number of likely N-dealkylation sites (tertiary alicyclic amines) is 1. The molecule has 0 bridgehead atoms. The van der Waals surface area contributed by atoms with E-state index in [9.17, 15) is 14.4 Å². The van der Waals surface area contributed by atoms with Crippen LogP contribution in [0.2, 0.25) is 0 Å². The maximum atomic E-state index is 12.4. The molecule has 0 atom stereocenters. The molecule has 0 unspecified atom stereocenters. The van der Waals surface area contributed by atoms with Gasteiger partial charge in [-0.15, -0.1) is 0 Å². The molecule has 128 valence electrons. The lowest BCUT2D eigenvalue weighted by Gasteiger charge is -2.42. The minimum atomic E-state index is -0.370. The number of benzene rings is 1. The van der Waals surface area contributed by atoms with E-state index in [1.54, 1.807) is 29.2 Å². The lowest BCUT2D eigenvalue weighted by atomic mass is 10.1. The van der Waals surface area contributed by atoms with Crippen molar-refractivity contribution >= 4 is 17.8 Å². The second kappa shape index (κ2) is 6.90. The molecule has 0 saturated carbocycles. The molecule has 2 aliphatic rings. The van der Waals surface area contributed by atoms with E-state index in [1.165, 1.54) is 4.90 Å². The smallest absolute Gasteiger partial charge is 0.324 e. The van der Waals surface area contributed by atoms with E-state index in [1.807, 2.05) is 0 Å². The van der Waals surface area contributed by atoms with Gasteiger partial charge in [-0.1, -0.05) is 13.3 Å². The van der Waals surface area contributed by atoms with Gasteiger partial charge in [0.2, 0.25) is 5.91 Å². The first-order valence-corrected chi connectivity index (χ1v) is 8.22. The van der Waals surface area contributed by atoms with Crippen LogP contribution in [0.25, 0.3) is 0 Å². The molecular weight excluding hydrogens is 310 g/mol. The Balaban J connectivity index is 1.53. The highest BCUT2D eigenvalue weighted by molar-refractivity contribution is 6.03. The van der Waals surface area contributed by atoms with Crippen molar-refractivity contribution in [3.8, 4) is 5.75 Å². The Morgan fingerprint density at radius 2 is 1.96 bits per heavy atom. The Labute approximate surface area is 140 Å². The second-order valence-corrected chi connectivity index (χ2v) is 6.01. The maximum absolute atomic E-state index is 12.4. The van der Waals surface area contributed by atoms with Gasteiger partial charge in [0.1, 0.15) is 5.75 Å². The molecule has 7 nitrogen and oxygen atoms in total. The summed E-state index contributed by atoms with van der Waals surface area (Å²) in [5.41, 5.74) is 0.577. The van der Waals surface area contributed by atoms with Gasteiger partial charge in [0, 0.05) is 18.7 Å². The van der Waals surface area contributed by atoms with Gasteiger partial charge in [0.15, 0.2) is 0 Å². The van der Waals surface area contributed by atoms with Crippen LogP contribution in [-0.2, 0) is 4.79 Å². The van der Waals surface area contributed by atoms with Crippen molar-refractivity contribution in [3.05, 3.63) is 29.8 Å². The van der Waals surface area contributed by atoms with Crippen LogP contribution in [0, 0.1) is 0 Å². The summed E-state index contributed by atoms with van der Waals surface area (Å²) in [6, 6.07) is 6.47. The Kier molecular flexibility index (Phi) is 4.69. The molecule has 2 aliphatic heterocycles. The third-order valence-electron chi connectivity index (χ3n) is 4.26. The number of nitrogens with zero attached hydrogens (tertiary/aromatic N) is 2. The molecule has 2 heterocycles. The number of rotatable bonds is 6. The van der Waals surface area contributed by atoms with Gasteiger partial charge in [-0.2, -0.15) is 0 Å². The van der Waals surface area contributed by atoms with Crippen molar-refractivity contribution in [2.45, 2.75) is 25.8 Å². The first-order chi connectivity index (χ1) is 11.6. The summed E-state index contributed by atoms with van der Waals surface area (Å²) in [5.74, 6) is 0.421. The van der Waals surface area contributed by atoms with Crippen LogP contribution in [0.4, 0.5) is 4.79 Å². The maximum Gasteiger partial charge on any atom is 0.324 e. The molecule has 2 fully saturated rings. The van der Waals surface area contributed by atoms with Gasteiger partial charge in [-0.3, -0.25) is 14.5 Å². The second-order valence-electron chi connectivity index (χ2n) is 6.01. The van der Waals surface area contributed by atoms with Crippen LogP contribution in [0.15, 0.2) is 24.3 Å². The predicted molar refractivity (Wildman–Crippen MR) is 86.8 cm³/mol. The van der Waals surface area contributed by atoms with Crippen molar-refractivity contribution in [1.29, 1.82) is 0 Å². The average Bonchev–Trinajstić information content (AvgIpc) is 2.87. The molecule has 0 spiro atoms. The number of unbranched alkanes of at least 4 members (excludes halogenated alkanes) is 1. The third-order valence-corrected chi connectivity index (χ3v) is 4.26. The lowest BCUT2D eigenvalue weighted by molar-refractivity contribution is -0.128. The Bertz CT molecular complexity index is 622. The molecule has 0 radical (unpaired) electrons. The largest absolute Gasteiger partial charge is 0.494 e. The highest BCUT2D eigenvalue weighted by Crippen LogP contribution is 2.21. The van der Waals surface area contributed by atoms with Crippen LogP contribution in [0.1, 0.15) is 30.1 Å². The summed E-state index contributed by atoms with van der Waals surface area (Å²) >= 11 is 0. The molecule has 3 rings (SSSR count). The number of hydrogen-bond donors (Lipinski definition) is 1. The van der Waals surface area contributed by atoms with E-state index in [0.717, 1.165) is 18.6 Å². The zero-order chi connectivity index (χ0) is 17.1. The van der Waals surface area contributed by atoms with Crippen LogP contribution in [0.3, 0.4) is 0 Å². The third kappa shape index (κ3) is 3.20. The van der Waals surface area contributed by atoms with Crippen molar-refractivity contribution in [1.82, 2.24) is 15.1 Å². The molecule has 1 N–H and O–H groups in total. The van der Waals surface area contributed by atoms with E-state index in [4.69, 9.17) is 4.74 Å². The summed E-state index contributed by atoms with van der Waals surface area (Å²) in [4.78, 5) is 38.5. The molecule has 1 aromatic rings. The number of imide groups is 1. The summed E-state index contributed by atoms with van der Waals surface area (Å²) in [5, 5.41) is 2.49. The molecule has 1 aromatic carbocycles. The van der Waals surface area contributed by atoms with Gasteiger partial charge >= 0.3 is 6.03 Å². The first-order valence-electron chi connectivity index (χ1n) is 8.22. The van der Waals surface area contributed by atoms with Crippen molar-refractivity contribution in [2.75, 3.05) is 26.2 Å².